The first-order valence-corrected chi connectivity index (χ1v) is 7.14. The average Bonchev–Trinajstić information content (AvgIpc) is 2.50. The number of nitrogens with zero attached hydrogens (tertiary/aromatic N) is 1. The Kier molecular flexibility index (Phi) is 5.64. The highest BCUT2D eigenvalue weighted by Crippen LogP contribution is 2.19. The molecule has 0 amide bonds. The van der Waals surface area contributed by atoms with Gasteiger partial charge >= 0.3 is 5.97 Å². The highest BCUT2D eigenvalue weighted by atomic mass is 16.5. The fraction of sp³-hybridized carbons (Fsp3) is 0.471. The molecule has 0 N–H and O–H groups in total. The number of esters is 1. The van der Waals surface area contributed by atoms with Crippen molar-refractivity contribution in [3.05, 3.63) is 35.9 Å². The predicted octanol–water partition coefficient (Wildman–Crippen LogP) is 2.46. The van der Waals surface area contributed by atoms with Gasteiger partial charge in [-0.05, 0) is 31.5 Å². The van der Waals surface area contributed by atoms with E-state index >= 15 is 0 Å². The van der Waals surface area contributed by atoms with Gasteiger partial charge in [-0.3, -0.25) is 9.69 Å². The van der Waals surface area contributed by atoms with Crippen LogP contribution in [0.2, 0.25) is 0 Å². The zero-order valence-corrected chi connectivity index (χ0v) is 12.0. The number of piperidine rings is 1. The molecular formula is C17H21NO2. The molecule has 1 heterocycles. The lowest BCUT2D eigenvalue weighted by atomic mass is 9.99. The molecule has 0 aromatic heterocycles. The second-order valence-electron chi connectivity index (χ2n) is 5.07. The van der Waals surface area contributed by atoms with Gasteiger partial charge in [0.2, 0.25) is 0 Å². The van der Waals surface area contributed by atoms with Crippen LogP contribution in [0.1, 0.15) is 31.2 Å². The molecule has 1 saturated heterocycles. The van der Waals surface area contributed by atoms with Crippen molar-refractivity contribution in [1.82, 2.24) is 4.90 Å². The Bertz CT molecular complexity index is 487. The van der Waals surface area contributed by atoms with Crippen LogP contribution in [0.4, 0.5) is 0 Å². The van der Waals surface area contributed by atoms with Crippen LogP contribution in [0, 0.1) is 11.8 Å². The van der Waals surface area contributed by atoms with E-state index in [9.17, 15) is 4.79 Å². The van der Waals surface area contributed by atoms with Crippen LogP contribution in [-0.2, 0) is 9.53 Å². The first kappa shape index (κ1) is 14.6. The molecule has 1 atom stereocenters. The highest BCUT2D eigenvalue weighted by molar-refractivity contribution is 5.69. The van der Waals surface area contributed by atoms with Crippen LogP contribution in [0.5, 0.6) is 0 Å². The van der Waals surface area contributed by atoms with E-state index in [2.05, 4.69) is 16.7 Å². The maximum atomic E-state index is 11.4. The number of rotatable bonds is 3. The van der Waals surface area contributed by atoms with E-state index in [1.165, 1.54) is 20.0 Å². The zero-order valence-electron chi connectivity index (χ0n) is 12.0. The van der Waals surface area contributed by atoms with E-state index in [1.807, 2.05) is 30.3 Å². The highest BCUT2D eigenvalue weighted by Gasteiger charge is 2.24. The Morgan fingerprint density at radius 3 is 2.90 bits per heavy atom. The number of hydrogen-bond acceptors (Lipinski definition) is 3. The molecule has 20 heavy (non-hydrogen) atoms. The van der Waals surface area contributed by atoms with Crippen molar-refractivity contribution in [3.8, 4) is 11.8 Å². The summed E-state index contributed by atoms with van der Waals surface area (Å²) in [5.41, 5.74) is 1.04. The van der Waals surface area contributed by atoms with Gasteiger partial charge in [-0.1, -0.05) is 36.5 Å². The fourth-order valence-electron chi connectivity index (χ4n) is 2.54. The normalized spacial score (nSPS) is 18.9. The molecule has 1 aliphatic heterocycles. The van der Waals surface area contributed by atoms with Crippen LogP contribution in [0.15, 0.2) is 30.3 Å². The first-order chi connectivity index (χ1) is 9.79. The summed E-state index contributed by atoms with van der Waals surface area (Å²) in [6.45, 7) is 1.74. The quantitative estimate of drug-likeness (QED) is 0.625. The number of ether oxygens (including phenoxy) is 1. The third-order valence-corrected chi connectivity index (χ3v) is 3.67. The van der Waals surface area contributed by atoms with Gasteiger partial charge in [0.15, 0.2) is 0 Å². The predicted molar refractivity (Wildman–Crippen MR) is 79.2 cm³/mol. The lowest BCUT2D eigenvalue weighted by molar-refractivity contribution is -0.142. The van der Waals surface area contributed by atoms with Gasteiger partial charge in [0.05, 0.1) is 20.1 Å². The van der Waals surface area contributed by atoms with Crippen LogP contribution in [0.25, 0.3) is 0 Å². The molecule has 3 nitrogen and oxygen atoms in total. The van der Waals surface area contributed by atoms with Gasteiger partial charge in [-0.25, -0.2) is 0 Å². The maximum Gasteiger partial charge on any atom is 0.307 e. The van der Waals surface area contributed by atoms with Gasteiger partial charge in [-0.15, -0.1) is 0 Å². The summed E-state index contributed by atoms with van der Waals surface area (Å²) in [5, 5.41) is 0. The molecule has 0 bridgehead atoms. The summed E-state index contributed by atoms with van der Waals surface area (Å²) >= 11 is 0. The van der Waals surface area contributed by atoms with E-state index in [-0.39, 0.29) is 12.0 Å². The summed E-state index contributed by atoms with van der Waals surface area (Å²) < 4.78 is 4.77. The minimum atomic E-state index is -0.127. The summed E-state index contributed by atoms with van der Waals surface area (Å²) in [5.74, 6) is 6.26. The van der Waals surface area contributed by atoms with Crippen molar-refractivity contribution >= 4 is 5.97 Å². The van der Waals surface area contributed by atoms with E-state index in [0.717, 1.165) is 25.1 Å². The Morgan fingerprint density at radius 2 is 2.15 bits per heavy atom. The topological polar surface area (TPSA) is 29.5 Å². The molecule has 1 aromatic rings. The number of benzene rings is 1. The molecule has 2 rings (SSSR count). The largest absolute Gasteiger partial charge is 0.469 e. The fourth-order valence-corrected chi connectivity index (χ4v) is 2.54. The summed E-state index contributed by atoms with van der Waals surface area (Å²) in [4.78, 5) is 13.7. The number of methoxy groups -OCH3 is 1. The van der Waals surface area contributed by atoms with Gasteiger partial charge in [-0.2, -0.15) is 0 Å². The molecule has 1 aromatic carbocycles. The number of likely N-dealkylation sites (tertiary alicyclic amines) is 1. The van der Waals surface area contributed by atoms with Gasteiger partial charge in [0.1, 0.15) is 0 Å². The average molecular weight is 271 g/mol. The molecule has 1 aliphatic rings. The van der Waals surface area contributed by atoms with Crippen LogP contribution in [-0.4, -0.2) is 37.1 Å². The van der Waals surface area contributed by atoms with E-state index < -0.39 is 0 Å². The summed E-state index contributed by atoms with van der Waals surface area (Å²) in [6.07, 6.45) is 3.90. The number of carbonyl (C=O) groups excluding carboxylic acids is 1. The molecule has 1 unspecified atom stereocenters. The van der Waals surface area contributed by atoms with E-state index in [4.69, 9.17) is 4.74 Å². The summed E-state index contributed by atoms with van der Waals surface area (Å²) in [6, 6.07) is 10.3. The lowest BCUT2D eigenvalue weighted by Crippen LogP contribution is -2.41. The Labute approximate surface area is 120 Å². The molecular weight excluding hydrogens is 250 g/mol. The van der Waals surface area contributed by atoms with E-state index in [1.54, 1.807) is 0 Å². The number of hydrogen-bond donors (Lipinski definition) is 0. The SMILES string of the molecule is COC(=O)CC1CCCCN1CC#Cc1ccccc1. The monoisotopic (exact) mass is 271 g/mol. The van der Waals surface area contributed by atoms with E-state index in [0.29, 0.717) is 6.42 Å². The molecule has 0 aliphatic carbocycles. The second-order valence-corrected chi connectivity index (χ2v) is 5.07. The van der Waals surface area contributed by atoms with Crippen molar-refractivity contribution in [2.45, 2.75) is 31.7 Å². The smallest absolute Gasteiger partial charge is 0.307 e. The van der Waals surface area contributed by atoms with Crippen molar-refractivity contribution in [1.29, 1.82) is 0 Å². The van der Waals surface area contributed by atoms with Gasteiger partial charge in [0, 0.05) is 11.6 Å². The first-order valence-electron chi connectivity index (χ1n) is 7.14. The summed E-state index contributed by atoms with van der Waals surface area (Å²) in [7, 11) is 1.45. The third kappa shape index (κ3) is 4.40. The minimum absolute atomic E-state index is 0.127. The molecule has 3 heteroatoms. The Balaban J connectivity index is 1.92. The van der Waals surface area contributed by atoms with Crippen LogP contribution < -0.4 is 0 Å². The third-order valence-electron chi connectivity index (χ3n) is 3.67. The lowest BCUT2D eigenvalue weighted by Gasteiger charge is -2.33. The van der Waals surface area contributed by atoms with Gasteiger partial charge in [0.25, 0.3) is 0 Å². The maximum absolute atomic E-state index is 11.4. The molecule has 0 radical (unpaired) electrons. The number of carbonyl (C=O) groups is 1. The molecule has 106 valence electrons. The Morgan fingerprint density at radius 1 is 1.35 bits per heavy atom. The van der Waals surface area contributed by atoms with Crippen LogP contribution >= 0.6 is 0 Å². The van der Waals surface area contributed by atoms with Crippen molar-refractivity contribution in [3.63, 3.8) is 0 Å². The zero-order chi connectivity index (χ0) is 14.2. The van der Waals surface area contributed by atoms with Crippen LogP contribution in [0.3, 0.4) is 0 Å². The van der Waals surface area contributed by atoms with Crippen molar-refractivity contribution in [2.75, 3.05) is 20.2 Å². The van der Waals surface area contributed by atoms with Gasteiger partial charge < -0.3 is 4.74 Å². The van der Waals surface area contributed by atoms with Crippen molar-refractivity contribution < 1.29 is 9.53 Å². The molecule has 0 saturated carbocycles. The minimum Gasteiger partial charge on any atom is -0.469 e. The standard InChI is InChI=1S/C17H21NO2/c1-20-17(19)14-16-11-5-6-12-18(16)13-7-10-15-8-3-2-4-9-15/h2-4,8-9,16H,5-6,11-14H2,1H3. The Hall–Kier alpha value is -1.79. The van der Waals surface area contributed by atoms with Crippen molar-refractivity contribution in [2.24, 2.45) is 0 Å². The molecule has 0 spiro atoms. The second kappa shape index (κ2) is 7.72. The molecule has 1 fully saturated rings.